The second-order valence-electron chi connectivity index (χ2n) is 6.82. The first kappa shape index (κ1) is 16.2. The van der Waals surface area contributed by atoms with Crippen molar-refractivity contribution in [1.82, 2.24) is 15.5 Å². The number of likely N-dealkylation sites (tertiary alicyclic amines) is 1. The molecule has 120 valence electrons. The van der Waals surface area contributed by atoms with Gasteiger partial charge < -0.3 is 15.7 Å². The molecule has 6 nitrogen and oxygen atoms in total. The van der Waals surface area contributed by atoms with Crippen LogP contribution in [0, 0.1) is 0 Å². The Balaban J connectivity index is 1.95. The van der Waals surface area contributed by atoms with E-state index in [1.807, 2.05) is 0 Å². The Labute approximate surface area is 126 Å². The van der Waals surface area contributed by atoms with Gasteiger partial charge in [0.15, 0.2) is 0 Å². The van der Waals surface area contributed by atoms with Gasteiger partial charge in [-0.1, -0.05) is 0 Å². The Morgan fingerprint density at radius 1 is 1.29 bits per heavy atom. The summed E-state index contributed by atoms with van der Waals surface area (Å²) in [6.07, 6.45) is 4.03. The average molecular weight is 297 g/mol. The molecule has 2 aliphatic heterocycles. The molecule has 0 aromatic heterocycles. The number of hydrogen-bond donors (Lipinski definition) is 3. The first-order valence-corrected chi connectivity index (χ1v) is 7.89. The Bertz CT molecular complexity index is 392. The third kappa shape index (κ3) is 4.41. The summed E-state index contributed by atoms with van der Waals surface area (Å²) in [7, 11) is 0. The minimum absolute atomic E-state index is 0.0164. The Kier molecular flexibility index (Phi) is 5.22. The van der Waals surface area contributed by atoms with Crippen LogP contribution < -0.4 is 10.6 Å². The summed E-state index contributed by atoms with van der Waals surface area (Å²) in [5.41, 5.74) is -0.703. The van der Waals surface area contributed by atoms with Crippen molar-refractivity contribution in [3.8, 4) is 0 Å². The largest absolute Gasteiger partial charge is 0.481 e. The van der Waals surface area contributed by atoms with Gasteiger partial charge in [0.1, 0.15) is 0 Å². The second kappa shape index (κ2) is 6.75. The zero-order valence-electron chi connectivity index (χ0n) is 13.0. The smallest absolute Gasteiger partial charge is 0.305 e. The first-order chi connectivity index (χ1) is 9.89. The summed E-state index contributed by atoms with van der Waals surface area (Å²) in [5, 5.41) is 15.2. The molecule has 0 bridgehead atoms. The van der Waals surface area contributed by atoms with Crippen LogP contribution in [0.15, 0.2) is 0 Å². The van der Waals surface area contributed by atoms with Crippen LogP contribution in [0.5, 0.6) is 0 Å². The highest BCUT2D eigenvalue weighted by Gasteiger charge is 2.37. The molecule has 1 atom stereocenters. The number of nitrogens with zero attached hydrogens (tertiary/aromatic N) is 1. The van der Waals surface area contributed by atoms with E-state index in [0.29, 0.717) is 6.04 Å². The number of nitrogens with one attached hydrogen (secondary N) is 2. The van der Waals surface area contributed by atoms with Crippen molar-refractivity contribution < 1.29 is 14.7 Å². The van der Waals surface area contributed by atoms with Gasteiger partial charge in [-0.2, -0.15) is 0 Å². The van der Waals surface area contributed by atoms with E-state index in [1.54, 1.807) is 13.8 Å². The van der Waals surface area contributed by atoms with E-state index in [-0.39, 0.29) is 18.4 Å². The quantitative estimate of drug-likeness (QED) is 0.691. The minimum Gasteiger partial charge on any atom is -0.481 e. The van der Waals surface area contributed by atoms with Crippen LogP contribution in [0.25, 0.3) is 0 Å². The predicted octanol–water partition coefficient (Wildman–Crippen LogP) is 0.572. The van der Waals surface area contributed by atoms with E-state index in [4.69, 9.17) is 5.11 Å². The molecule has 2 fully saturated rings. The molecule has 1 amide bonds. The van der Waals surface area contributed by atoms with Crippen LogP contribution in [0.3, 0.4) is 0 Å². The van der Waals surface area contributed by atoms with Gasteiger partial charge in [0.2, 0.25) is 5.91 Å². The van der Waals surface area contributed by atoms with Crippen molar-refractivity contribution in [2.75, 3.05) is 19.6 Å². The van der Waals surface area contributed by atoms with Crippen LogP contribution in [0.4, 0.5) is 0 Å². The van der Waals surface area contributed by atoms with Crippen molar-refractivity contribution >= 4 is 11.9 Å². The van der Waals surface area contributed by atoms with Crippen LogP contribution in [-0.4, -0.2) is 59.1 Å². The van der Waals surface area contributed by atoms with E-state index in [9.17, 15) is 9.59 Å². The number of carboxylic acids is 1. The van der Waals surface area contributed by atoms with Gasteiger partial charge in [-0.3, -0.25) is 14.5 Å². The topological polar surface area (TPSA) is 81.7 Å². The van der Waals surface area contributed by atoms with E-state index >= 15 is 0 Å². The molecular weight excluding hydrogens is 270 g/mol. The van der Waals surface area contributed by atoms with Gasteiger partial charge in [-0.25, -0.2) is 0 Å². The second-order valence-corrected chi connectivity index (χ2v) is 6.82. The highest BCUT2D eigenvalue weighted by atomic mass is 16.4. The maximum absolute atomic E-state index is 12.5. The molecule has 2 rings (SSSR count). The monoisotopic (exact) mass is 297 g/mol. The lowest BCUT2D eigenvalue weighted by molar-refractivity contribution is -0.139. The van der Waals surface area contributed by atoms with Crippen molar-refractivity contribution in [3.63, 3.8) is 0 Å². The molecule has 21 heavy (non-hydrogen) atoms. The molecule has 0 aromatic rings. The van der Waals surface area contributed by atoms with Crippen molar-refractivity contribution in [3.05, 3.63) is 0 Å². The number of piperidine rings is 1. The number of amides is 1. The third-order valence-electron chi connectivity index (χ3n) is 4.43. The van der Waals surface area contributed by atoms with E-state index in [0.717, 1.165) is 45.3 Å². The fourth-order valence-electron chi connectivity index (χ4n) is 3.49. The normalized spacial score (nSPS) is 25.0. The van der Waals surface area contributed by atoms with Crippen LogP contribution >= 0.6 is 0 Å². The highest BCUT2D eigenvalue weighted by molar-refractivity contribution is 5.83. The standard InChI is InChI=1S/C15H27N3O3/c1-15(2,10-13(19)20)17-14(21)12-4-3-9-18(12)11-5-7-16-8-6-11/h11-12,16H,3-10H2,1-2H3,(H,17,21)(H,19,20). The van der Waals surface area contributed by atoms with Crippen LogP contribution in [0.1, 0.15) is 46.0 Å². The van der Waals surface area contributed by atoms with Gasteiger partial charge in [-0.15, -0.1) is 0 Å². The summed E-state index contributed by atoms with van der Waals surface area (Å²) in [6.45, 7) is 6.54. The number of rotatable bonds is 5. The molecule has 0 radical (unpaired) electrons. The van der Waals surface area contributed by atoms with E-state index in [2.05, 4.69) is 15.5 Å². The molecular formula is C15H27N3O3. The molecule has 1 unspecified atom stereocenters. The Morgan fingerprint density at radius 3 is 2.57 bits per heavy atom. The number of carbonyl (C=O) groups is 2. The molecule has 6 heteroatoms. The molecule has 3 N–H and O–H groups in total. The molecule has 2 aliphatic rings. The lowest BCUT2D eigenvalue weighted by Crippen LogP contribution is -2.55. The van der Waals surface area contributed by atoms with Crippen LogP contribution in [0.2, 0.25) is 0 Å². The Hall–Kier alpha value is -1.14. The third-order valence-corrected chi connectivity index (χ3v) is 4.43. The molecule has 0 saturated carbocycles. The lowest BCUT2D eigenvalue weighted by atomic mass is 9.99. The molecule has 2 heterocycles. The molecule has 2 saturated heterocycles. The van der Waals surface area contributed by atoms with Gasteiger partial charge in [-0.05, 0) is 59.2 Å². The molecule has 0 spiro atoms. The molecule has 0 aliphatic carbocycles. The van der Waals surface area contributed by atoms with Gasteiger partial charge in [0.05, 0.1) is 12.5 Å². The Morgan fingerprint density at radius 2 is 1.95 bits per heavy atom. The van der Waals surface area contributed by atoms with Gasteiger partial charge in [0, 0.05) is 11.6 Å². The fourth-order valence-corrected chi connectivity index (χ4v) is 3.49. The van der Waals surface area contributed by atoms with Gasteiger partial charge >= 0.3 is 5.97 Å². The summed E-state index contributed by atoms with van der Waals surface area (Å²) in [6, 6.07) is 0.383. The summed E-state index contributed by atoms with van der Waals surface area (Å²) in [4.78, 5) is 25.7. The number of carboxylic acid groups (broad SMARTS) is 1. The summed E-state index contributed by atoms with van der Waals surface area (Å²) in [5.74, 6) is -0.904. The van der Waals surface area contributed by atoms with Crippen molar-refractivity contribution in [2.45, 2.75) is 63.6 Å². The fraction of sp³-hybridized carbons (Fsp3) is 0.867. The van der Waals surface area contributed by atoms with Crippen LogP contribution in [-0.2, 0) is 9.59 Å². The maximum Gasteiger partial charge on any atom is 0.305 e. The maximum atomic E-state index is 12.5. The summed E-state index contributed by atoms with van der Waals surface area (Å²) >= 11 is 0. The average Bonchev–Trinajstić information content (AvgIpc) is 2.86. The molecule has 0 aromatic carbocycles. The highest BCUT2D eigenvalue weighted by Crippen LogP contribution is 2.25. The lowest BCUT2D eigenvalue weighted by Gasteiger charge is -2.36. The van der Waals surface area contributed by atoms with Crippen molar-refractivity contribution in [1.29, 1.82) is 0 Å². The van der Waals surface area contributed by atoms with Crippen molar-refractivity contribution in [2.24, 2.45) is 0 Å². The zero-order chi connectivity index (χ0) is 15.5. The summed E-state index contributed by atoms with van der Waals surface area (Å²) < 4.78 is 0. The van der Waals surface area contributed by atoms with E-state index < -0.39 is 11.5 Å². The SMILES string of the molecule is CC(C)(CC(=O)O)NC(=O)C1CCCN1C1CCNCC1. The number of carbonyl (C=O) groups excluding carboxylic acids is 1. The zero-order valence-corrected chi connectivity index (χ0v) is 13.0. The predicted molar refractivity (Wildman–Crippen MR) is 80.1 cm³/mol. The number of aliphatic carboxylic acids is 1. The minimum atomic E-state index is -0.887. The number of hydrogen-bond acceptors (Lipinski definition) is 4. The first-order valence-electron chi connectivity index (χ1n) is 7.89. The van der Waals surface area contributed by atoms with E-state index in [1.165, 1.54) is 0 Å². The van der Waals surface area contributed by atoms with Gasteiger partial charge in [0.25, 0.3) is 0 Å².